The van der Waals surface area contributed by atoms with Crippen molar-refractivity contribution in [2.75, 3.05) is 0 Å². The van der Waals surface area contributed by atoms with Gasteiger partial charge >= 0.3 is 0 Å². The number of imidazole rings is 1. The minimum atomic E-state index is 0.0929. The van der Waals surface area contributed by atoms with Gasteiger partial charge in [-0.1, -0.05) is 12.1 Å². The maximum absolute atomic E-state index is 4.39. The Labute approximate surface area is 126 Å². The number of aryl methyl sites for hydroxylation is 3. The van der Waals surface area contributed by atoms with Crippen LogP contribution in [0.3, 0.4) is 0 Å². The number of hydrogen-bond acceptors (Lipinski definition) is 4. The molecule has 21 heavy (non-hydrogen) atoms. The molecule has 0 fully saturated rings. The van der Waals surface area contributed by atoms with Crippen LogP contribution in [0.15, 0.2) is 18.6 Å². The zero-order chi connectivity index (χ0) is 15.3. The van der Waals surface area contributed by atoms with E-state index in [1.807, 2.05) is 23.3 Å². The summed E-state index contributed by atoms with van der Waals surface area (Å²) in [6, 6.07) is 0. The van der Waals surface area contributed by atoms with Gasteiger partial charge < -0.3 is 9.88 Å². The highest BCUT2D eigenvalue weighted by molar-refractivity contribution is 4.94. The predicted molar refractivity (Wildman–Crippen MR) is 82.8 cm³/mol. The van der Waals surface area contributed by atoms with Crippen molar-refractivity contribution in [3.05, 3.63) is 30.1 Å². The Hall–Kier alpha value is -1.69. The van der Waals surface area contributed by atoms with Gasteiger partial charge in [0.1, 0.15) is 5.82 Å². The highest BCUT2D eigenvalue weighted by atomic mass is 15.4. The maximum Gasteiger partial charge on any atom is 0.108 e. The third-order valence-electron chi connectivity index (χ3n) is 3.23. The Morgan fingerprint density at radius 2 is 2.05 bits per heavy atom. The first-order valence-electron chi connectivity index (χ1n) is 7.62. The predicted octanol–water partition coefficient (Wildman–Crippen LogP) is 2.02. The molecule has 0 radical (unpaired) electrons. The smallest absolute Gasteiger partial charge is 0.108 e. The molecule has 0 atom stereocenters. The largest absolute Gasteiger partial charge is 0.333 e. The van der Waals surface area contributed by atoms with E-state index >= 15 is 0 Å². The molecule has 0 unspecified atom stereocenters. The summed E-state index contributed by atoms with van der Waals surface area (Å²) in [5.41, 5.74) is 1.07. The second kappa shape index (κ2) is 6.85. The van der Waals surface area contributed by atoms with Crippen LogP contribution in [0.5, 0.6) is 0 Å². The minimum absolute atomic E-state index is 0.0929. The number of hydrogen-bond donors (Lipinski definition) is 1. The van der Waals surface area contributed by atoms with E-state index in [9.17, 15) is 0 Å². The quantitative estimate of drug-likeness (QED) is 0.847. The summed E-state index contributed by atoms with van der Waals surface area (Å²) in [6.45, 7) is 11.0. The van der Waals surface area contributed by atoms with Crippen LogP contribution in [-0.2, 0) is 26.1 Å². The standard InChI is InChI=1S/C15H26N6/c1-5-6-14-16-7-8-20(14)9-10-21-12-13(18-19-21)11-17-15(2,3)4/h7-8,12,17H,5-6,9-11H2,1-4H3. The third kappa shape index (κ3) is 4.97. The van der Waals surface area contributed by atoms with Gasteiger partial charge in [-0.15, -0.1) is 5.10 Å². The van der Waals surface area contributed by atoms with Crippen molar-refractivity contribution in [3.63, 3.8) is 0 Å². The fraction of sp³-hybridized carbons (Fsp3) is 0.667. The van der Waals surface area contributed by atoms with Gasteiger partial charge in [-0.25, -0.2) is 4.98 Å². The van der Waals surface area contributed by atoms with Gasteiger partial charge in [0, 0.05) is 43.6 Å². The molecule has 0 aliphatic carbocycles. The van der Waals surface area contributed by atoms with E-state index < -0.39 is 0 Å². The third-order valence-corrected chi connectivity index (χ3v) is 3.23. The van der Waals surface area contributed by atoms with Crippen LogP contribution in [0.4, 0.5) is 0 Å². The Balaban J connectivity index is 1.86. The van der Waals surface area contributed by atoms with E-state index in [-0.39, 0.29) is 5.54 Å². The van der Waals surface area contributed by atoms with E-state index in [0.717, 1.165) is 44.0 Å². The summed E-state index contributed by atoms with van der Waals surface area (Å²) in [4.78, 5) is 4.39. The first-order chi connectivity index (χ1) is 9.98. The van der Waals surface area contributed by atoms with Crippen molar-refractivity contribution < 1.29 is 0 Å². The molecule has 0 amide bonds. The summed E-state index contributed by atoms with van der Waals surface area (Å²) in [6.07, 6.45) is 8.04. The molecule has 0 saturated heterocycles. The molecule has 0 saturated carbocycles. The number of rotatable bonds is 7. The molecule has 6 nitrogen and oxygen atoms in total. The lowest BCUT2D eigenvalue weighted by molar-refractivity contribution is 0.421. The van der Waals surface area contributed by atoms with Crippen LogP contribution < -0.4 is 5.32 Å². The zero-order valence-electron chi connectivity index (χ0n) is 13.5. The van der Waals surface area contributed by atoms with Crippen molar-refractivity contribution in [3.8, 4) is 0 Å². The summed E-state index contributed by atoms with van der Waals surface area (Å²) in [5.74, 6) is 1.15. The average Bonchev–Trinajstić information content (AvgIpc) is 3.03. The lowest BCUT2D eigenvalue weighted by Crippen LogP contribution is -2.35. The highest BCUT2D eigenvalue weighted by Gasteiger charge is 2.10. The van der Waals surface area contributed by atoms with Crippen molar-refractivity contribution in [1.82, 2.24) is 29.9 Å². The van der Waals surface area contributed by atoms with Crippen LogP contribution in [0.25, 0.3) is 0 Å². The van der Waals surface area contributed by atoms with Gasteiger partial charge in [0.05, 0.1) is 12.2 Å². The first-order valence-corrected chi connectivity index (χ1v) is 7.62. The minimum Gasteiger partial charge on any atom is -0.333 e. The van der Waals surface area contributed by atoms with Gasteiger partial charge in [-0.3, -0.25) is 4.68 Å². The van der Waals surface area contributed by atoms with Crippen molar-refractivity contribution in [1.29, 1.82) is 0 Å². The van der Waals surface area contributed by atoms with Gasteiger partial charge in [0.25, 0.3) is 0 Å². The van der Waals surface area contributed by atoms with Crippen LogP contribution in [0.2, 0.25) is 0 Å². The van der Waals surface area contributed by atoms with E-state index in [1.54, 1.807) is 0 Å². The Morgan fingerprint density at radius 3 is 2.76 bits per heavy atom. The summed E-state index contributed by atoms with van der Waals surface area (Å²) >= 11 is 0. The van der Waals surface area contributed by atoms with E-state index in [2.05, 4.69) is 52.9 Å². The Morgan fingerprint density at radius 1 is 1.24 bits per heavy atom. The Kier molecular flexibility index (Phi) is 5.12. The van der Waals surface area contributed by atoms with E-state index in [4.69, 9.17) is 0 Å². The van der Waals surface area contributed by atoms with Gasteiger partial charge in [-0.05, 0) is 27.2 Å². The normalized spacial score (nSPS) is 12.0. The maximum atomic E-state index is 4.39. The second-order valence-electron chi connectivity index (χ2n) is 6.36. The number of nitrogens with one attached hydrogen (secondary N) is 1. The average molecular weight is 290 g/mol. The molecule has 2 aromatic rings. The van der Waals surface area contributed by atoms with Crippen LogP contribution >= 0.6 is 0 Å². The van der Waals surface area contributed by atoms with Crippen LogP contribution in [0.1, 0.15) is 45.6 Å². The monoisotopic (exact) mass is 290 g/mol. The molecule has 0 spiro atoms. The molecule has 0 aliphatic rings. The topological polar surface area (TPSA) is 60.6 Å². The molecular weight excluding hydrogens is 264 g/mol. The van der Waals surface area contributed by atoms with E-state index in [0.29, 0.717) is 0 Å². The molecule has 1 N–H and O–H groups in total. The van der Waals surface area contributed by atoms with Crippen LogP contribution in [-0.4, -0.2) is 30.1 Å². The second-order valence-corrected chi connectivity index (χ2v) is 6.36. The summed E-state index contributed by atoms with van der Waals surface area (Å²) in [5, 5.41) is 11.8. The van der Waals surface area contributed by atoms with E-state index in [1.165, 1.54) is 0 Å². The number of aromatic nitrogens is 5. The zero-order valence-corrected chi connectivity index (χ0v) is 13.5. The van der Waals surface area contributed by atoms with Crippen LogP contribution in [0, 0.1) is 0 Å². The molecule has 2 rings (SSSR count). The molecule has 2 heterocycles. The molecule has 116 valence electrons. The van der Waals surface area contributed by atoms with Crippen molar-refractivity contribution in [2.45, 2.75) is 65.7 Å². The molecule has 0 bridgehead atoms. The SMILES string of the molecule is CCCc1nccn1CCn1cc(CNC(C)(C)C)nn1. The first kappa shape index (κ1) is 15.7. The van der Waals surface area contributed by atoms with Gasteiger partial charge in [0.2, 0.25) is 0 Å². The summed E-state index contributed by atoms with van der Waals surface area (Å²) in [7, 11) is 0. The molecule has 0 aromatic carbocycles. The van der Waals surface area contributed by atoms with Crippen molar-refractivity contribution in [2.24, 2.45) is 0 Å². The Bertz CT molecular complexity index is 549. The number of nitrogens with zero attached hydrogens (tertiary/aromatic N) is 5. The lowest BCUT2D eigenvalue weighted by atomic mass is 10.1. The van der Waals surface area contributed by atoms with Gasteiger partial charge in [0.15, 0.2) is 0 Å². The fourth-order valence-corrected chi connectivity index (χ4v) is 2.09. The highest BCUT2D eigenvalue weighted by Crippen LogP contribution is 2.04. The molecule has 0 aliphatic heterocycles. The fourth-order valence-electron chi connectivity index (χ4n) is 2.09. The summed E-state index contributed by atoms with van der Waals surface area (Å²) < 4.78 is 4.09. The molecule has 6 heteroatoms. The lowest BCUT2D eigenvalue weighted by Gasteiger charge is -2.19. The molecular formula is C15H26N6. The molecule has 2 aromatic heterocycles. The van der Waals surface area contributed by atoms with Gasteiger partial charge in [-0.2, -0.15) is 0 Å². The van der Waals surface area contributed by atoms with Crippen molar-refractivity contribution >= 4 is 0 Å².